The van der Waals surface area contributed by atoms with Gasteiger partial charge in [0.05, 0.1) is 26.4 Å². The molecule has 0 heterocycles. The van der Waals surface area contributed by atoms with Crippen LogP contribution in [0.25, 0.3) is 0 Å². The molecule has 0 aliphatic heterocycles. The molecule has 1 aromatic rings. The Morgan fingerprint density at radius 2 is 1.92 bits per heavy atom. The summed E-state index contributed by atoms with van der Waals surface area (Å²) in [5.74, 6) is 2.21. The van der Waals surface area contributed by atoms with Crippen LogP contribution in [0.5, 0.6) is 11.5 Å². The van der Waals surface area contributed by atoms with E-state index >= 15 is 0 Å². The second-order valence-corrected chi connectivity index (χ2v) is 6.16. The number of hydrogen-bond acceptors (Lipinski definition) is 4. The maximum Gasteiger partial charge on any atom is 0.191 e. The van der Waals surface area contributed by atoms with Crippen molar-refractivity contribution in [3.8, 4) is 11.5 Å². The number of hydrogen-bond donors (Lipinski definition) is 3. The van der Waals surface area contributed by atoms with Gasteiger partial charge < -0.3 is 25.2 Å². The normalized spacial score (nSPS) is 16.1. The molecule has 25 heavy (non-hydrogen) atoms. The van der Waals surface area contributed by atoms with Crippen molar-refractivity contribution in [1.82, 2.24) is 10.6 Å². The van der Waals surface area contributed by atoms with E-state index in [0.717, 1.165) is 49.3 Å². The first-order valence-corrected chi connectivity index (χ1v) is 8.55. The molecule has 3 N–H and O–H groups in total. The molecule has 0 radical (unpaired) electrons. The fraction of sp³-hybridized carbons (Fsp3) is 0.611. The average molecular weight is 463 g/mol. The Bertz CT molecular complexity index is 560. The van der Waals surface area contributed by atoms with Crippen molar-refractivity contribution < 1.29 is 14.6 Å². The number of aliphatic imine (C=N–C) groups is 1. The standard InChI is InChI=1S/C18H29N3O3.HI/c1-4-19-17(21-13-18(22)9-5-6-10-18)20-12-14-7-8-15(23-2)11-16(14)24-3;/h7-8,11,22H,4-6,9-10,12-13H2,1-3H3,(H2,19,20,21);1H. The number of aliphatic hydroxyl groups is 1. The van der Waals surface area contributed by atoms with Crippen LogP contribution in [0.15, 0.2) is 23.2 Å². The molecular formula is C18H30IN3O3. The van der Waals surface area contributed by atoms with Gasteiger partial charge in [-0.1, -0.05) is 12.8 Å². The monoisotopic (exact) mass is 463 g/mol. The van der Waals surface area contributed by atoms with E-state index in [9.17, 15) is 5.11 Å². The van der Waals surface area contributed by atoms with Crippen LogP contribution < -0.4 is 20.1 Å². The van der Waals surface area contributed by atoms with Gasteiger partial charge in [-0.2, -0.15) is 0 Å². The van der Waals surface area contributed by atoms with Gasteiger partial charge in [0.15, 0.2) is 5.96 Å². The lowest BCUT2D eigenvalue weighted by atomic mass is 10.0. The predicted octanol–water partition coefficient (Wildman–Crippen LogP) is 2.68. The third kappa shape index (κ3) is 6.54. The van der Waals surface area contributed by atoms with Crippen LogP contribution in [0.2, 0.25) is 0 Å². The first-order chi connectivity index (χ1) is 11.6. The summed E-state index contributed by atoms with van der Waals surface area (Å²) in [5.41, 5.74) is 0.378. The van der Waals surface area contributed by atoms with Gasteiger partial charge in [-0.05, 0) is 31.9 Å². The van der Waals surface area contributed by atoms with Gasteiger partial charge in [-0.3, -0.25) is 0 Å². The molecule has 1 saturated carbocycles. The van der Waals surface area contributed by atoms with E-state index in [1.165, 1.54) is 0 Å². The van der Waals surface area contributed by atoms with Gasteiger partial charge in [0.2, 0.25) is 0 Å². The smallest absolute Gasteiger partial charge is 0.191 e. The molecule has 0 amide bonds. The predicted molar refractivity (Wildman–Crippen MR) is 111 cm³/mol. The number of ether oxygens (including phenoxy) is 2. The van der Waals surface area contributed by atoms with E-state index in [2.05, 4.69) is 15.6 Å². The van der Waals surface area contributed by atoms with E-state index in [1.54, 1.807) is 14.2 Å². The summed E-state index contributed by atoms with van der Waals surface area (Å²) < 4.78 is 10.6. The number of benzene rings is 1. The van der Waals surface area contributed by atoms with Crippen molar-refractivity contribution in [2.75, 3.05) is 27.3 Å². The largest absolute Gasteiger partial charge is 0.497 e. The quantitative estimate of drug-likeness (QED) is 0.330. The summed E-state index contributed by atoms with van der Waals surface area (Å²) in [6, 6.07) is 5.71. The average Bonchev–Trinajstić information content (AvgIpc) is 3.04. The maximum absolute atomic E-state index is 10.5. The third-order valence-electron chi connectivity index (χ3n) is 4.37. The summed E-state index contributed by atoms with van der Waals surface area (Å²) in [6.07, 6.45) is 3.89. The van der Waals surface area contributed by atoms with Crippen molar-refractivity contribution in [2.24, 2.45) is 4.99 Å². The van der Waals surface area contributed by atoms with Crippen molar-refractivity contribution >= 4 is 29.9 Å². The van der Waals surface area contributed by atoms with Gasteiger partial charge in [0.25, 0.3) is 0 Å². The highest BCUT2D eigenvalue weighted by Crippen LogP contribution is 2.28. The fourth-order valence-corrected chi connectivity index (χ4v) is 2.95. The Hall–Kier alpha value is -1.22. The topological polar surface area (TPSA) is 75.1 Å². The zero-order chi connectivity index (χ0) is 17.4. The molecule has 1 aliphatic carbocycles. The lowest BCUT2D eigenvalue weighted by Gasteiger charge is -2.23. The van der Waals surface area contributed by atoms with Gasteiger partial charge in [0, 0.05) is 24.7 Å². The molecule has 1 fully saturated rings. The molecule has 0 aromatic heterocycles. The maximum atomic E-state index is 10.5. The number of methoxy groups -OCH3 is 2. The van der Waals surface area contributed by atoms with E-state index in [0.29, 0.717) is 19.0 Å². The lowest BCUT2D eigenvalue weighted by Crippen LogP contribution is -2.46. The summed E-state index contributed by atoms with van der Waals surface area (Å²) in [5, 5.41) is 16.9. The molecule has 0 spiro atoms. The highest BCUT2D eigenvalue weighted by molar-refractivity contribution is 14.0. The van der Waals surface area contributed by atoms with E-state index < -0.39 is 5.60 Å². The molecule has 1 aromatic carbocycles. The number of rotatable bonds is 7. The molecular weight excluding hydrogens is 433 g/mol. The molecule has 6 nitrogen and oxygen atoms in total. The molecule has 0 bridgehead atoms. The van der Waals surface area contributed by atoms with Crippen LogP contribution in [-0.2, 0) is 6.54 Å². The second kappa shape index (κ2) is 10.7. The van der Waals surface area contributed by atoms with Crippen LogP contribution in [0, 0.1) is 0 Å². The first-order valence-electron chi connectivity index (χ1n) is 8.55. The van der Waals surface area contributed by atoms with Gasteiger partial charge in [-0.15, -0.1) is 24.0 Å². The SMILES string of the molecule is CCNC(=NCc1ccc(OC)cc1OC)NCC1(O)CCCC1.I. The third-order valence-corrected chi connectivity index (χ3v) is 4.37. The van der Waals surface area contributed by atoms with Crippen molar-refractivity contribution in [2.45, 2.75) is 44.8 Å². The Balaban J connectivity index is 0.00000312. The fourth-order valence-electron chi connectivity index (χ4n) is 2.95. The highest BCUT2D eigenvalue weighted by atomic mass is 127. The number of nitrogens with zero attached hydrogens (tertiary/aromatic N) is 1. The summed E-state index contributed by atoms with van der Waals surface area (Å²) >= 11 is 0. The minimum Gasteiger partial charge on any atom is -0.497 e. The molecule has 1 aliphatic rings. The summed E-state index contributed by atoms with van der Waals surface area (Å²) in [7, 11) is 3.27. The lowest BCUT2D eigenvalue weighted by molar-refractivity contribution is 0.0522. The Labute approximate surface area is 167 Å². The Morgan fingerprint density at radius 1 is 1.20 bits per heavy atom. The van der Waals surface area contributed by atoms with Crippen molar-refractivity contribution in [3.63, 3.8) is 0 Å². The van der Waals surface area contributed by atoms with Gasteiger partial charge in [0.1, 0.15) is 11.5 Å². The summed E-state index contributed by atoms with van der Waals surface area (Å²) in [6.45, 7) is 3.80. The van der Waals surface area contributed by atoms with Crippen LogP contribution in [0.4, 0.5) is 0 Å². The second-order valence-electron chi connectivity index (χ2n) is 6.16. The molecule has 7 heteroatoms. The Morgan fingerprint density at radius 3 is 2.52 bits per heavy atom. The molecule has 0 saturated heterocycles. The molecule has 0 unspecified atom stereocenters. The highest BCUT2D eigenvalue weighted by Gasteiger charge is 2.30. The molecule has 0 atom stereocenters. The van der Waals surface area contributed by atoms with Crippen molar-refractivity contribution in [3.05, 3.63) is 23.8 Å². The van der Waals surface area contributed by atoms with Crippen molar-refractivity contribution in [1.29, 1.82) is 0 Å². The van der Waals surface area contributed by atoms with Crippen LogP contribution in [0.3, 0.4) is 0 Å². The number of nitrogens with one attached hydrogen (secondary N) is 2. The summed E-state index contributed by atoms with van der Waals surface area (Å²) in [4.78, 5) is 4.60. The van der Waals surface area contributed by atoms with Crippen LogP contribution >= 0.6 is 24.0 Å². The Kier molecular flexibility index (Phi) is 9.34. The van der Waals surface area contributed by atoms with Crippen LogP contribution in [-0.4, -0.2) is 44.0 Å². The zero-order valence-corrected chi connectivity index (χ0v) is 17.6. The minimum absolute atomic E-state index is 0. The van der Waals surface area contributed by atoms with E-state index in [4.69, 9.17) is 9.47 Å². The zero-order valence-electron chi connectivity index (χ0n) is 15.3. The van der Waals surface area contributed by atoms with Crippen LogP contribution in [0.1, 0.15) is 38.2 Å². The minimum atomic E-state index is -0.603. The van der Waals surface area contributed by atoms with E-state index in [1.807, 2.05) is 25.1 Å². The number of halogens is 1. The first kappa shape index (κ1) is 21.8. The number of guanidine groups is 1. The molecule has 142 valence electrons. The molecule has 2 rings (SSSR count). The van der Waals surface area contributed by atoms with Gasteiger partial charge in [-0.25, -0.2) is 4.99 Å². The van der Waals surface area contributed by atoms with E-state index in [-0.39, 0.29) is 24.0 Å². The van der Waals surface area contributed by atoms with Gasteiger partial charge >= 0.3 is 0 Å².